The van der Waals surface area contributed by atoms with Gasteiger partial charge in [0.25, 0.3) is 0 Å². The fourth-order valence-corrected chi connectivity index (χ4v) is 3.41. The van der Waals surface area contributed by atoms with E-state index in [1.165, 1.54) is 0 Å². The molecule has 6 heteroatoms. The Hall–Kier alpha value is -3.02. The monoisotopic (exact) mass is 368 g/mol. The highest BCUT2D eigenvalue weighted by Gasteiger charge is 2.36. The molecule has 2 amide bonds. The van der Waals surface area contributed by atoms with Gasteiger partial charge in [0, 0.05) is 24.7 Å². The van der Waals surface area contributed by atoms with Crippen LogP contribution in [0.2, 0.25) is 0 Å². The SMILES string of the molecule is COc1ccc(OC)c(N2C[C@H](C(=O)Nc3cc(C)cc(C)c3)CC2=O)c1. The van der Waals surface area contributed by atoms with E-state index in [2.05, 4.69) is 5.32 Å². The molecule has 6 nitrogen and oxygen atoms in total. The largest absolute Gasteiger partial charge is 0.497 e. The quantitative estimate of drug-likeness (QED) is 0.879. The maximum absolute atomic E-state index is 12.7. The Balaban J connectivity index is 1.78. The van der Waals surface area contributed by atoms with Crippen molar-refractivity contribution < 1.29 is 19.1 Å². The van der Waals surface area contributed by atoms with Gasteiger partial charge in [0.2, 0.25) is 11.8 Å². The fraction of sp³-hybridized carbons (Fsp3) is 0.333. The summed E-state index contributed by atoms with van der Waals surface area (Å²) in [6.07, 6.45) is 0.164. The van der Waals surface area contributed by atoms with Crippen LogP contribution in [0.15, 0.2) is 36.4 Å². The van der Waals surface area contributed by atoms with Gasteiger partial charge in [-0.2, -0.15) is 0 Å². The van der Waals surface area contributed by atoms with Crippen LogP contribution in [0.4, 0.5) is 11.4 Å². The Morgan fingerprint density at radius 3 is 2.41 bits per heavy atom. The summed E-state index contributed by atoms with van der Waals surface area (Å²) >= 11 is 0. The van der Waals surface area contributed by atoms with Crippen LogP contribution < -0.4 is 19.7 Å². The minimum absolute atomic E-state index is 0.109. The second-order valence-corrected chi connectivity index (χ2v) is 6.81. The van der Waals surface area contributed by atoms with Crippen LogP contribution in [0.5, 0.6) is 11.5 Å². The summed E-state index contributed by atoms with van der Waals surface area (Å²) in [5, 5.41) is 2.94. The lowest BCUT2D eigenvalue weighted by molar-refractivity contribution is -0.122. The molecule has 1 heterocycles. The highest BCUT2D eigenvalue weighted by atomic mass is 16.5. The molecular formula is C21H24N2O4. The maximum Gasteiger partial charge on any atom is 0.229 e. The molecule has 1 aliphatic rings. The van der Waals surface area contributed by atoms with Crippen LogP contribution >= 0.6 is 0 Å². The van der Waals surface area contributed by atoms with Gasteiger partial charge >= 0.3 is 0 Å². The number of carbonyl (C=O) groups excluding carboxylic acids is 2. The molecule has 2 aromatic carbocycles. The summed E-state index contributed by atoms with van der Waals surface area (Å²) in [5.74, 6) is 0.510. The first kappa shape index (κ1) is 18.8. The van der Waals surface area contributed by atoms with E-state index in [1.807, 2.05) is 32.0 Å². The molecule has 27 heavy (non-hydrogen) atoms. The van der Waals surface area contributed by atoms with Gasteiger partial charge in [0.1, 0.15) is 11.5 Å². The van der Waals surface area contributed by atoms with Gasteiger partial charge in [0.05, 0.1) is 25.8 Å². The molecule has 1 atom stereocenters. The number of hydrogen-bond donors (Lipinski definition) is 1. The highest BCUT2D eigenvalue weighted by Crippen LogP contribution is 2.36. The maximum atomic E-state index is 12.7. The third-order valence-electron chi connectivity index (χ3n) is 4.66. The molecule has 142 valence electrons. The number of methoxy groups -OCH3 is 2. The van der Waals surface area contributed by atoms with Crippen LogP contribution in [0.3, 0.4) is 0 Å². The normalized spacial score (nSPS) is 16.4. The Labute approximate surface area is 159 Å². The zero-order valence-corrected chi connectivity index (χ0v) is 16.0. The van der Waals surface area contributed by atoms with Crippen molar-refractivity contribution in [3.8, 4) is 11.5 Å². The van der Waals surface area contributed by atoms with Crippen LogP contribution in [-0.2, 0) is 9.59 Å². The van der Waals surface area contributed by atoms with E-state index in [0.29, 0.717) is 23.7 Å². The molecule has 0 saturated carbocycles. The Morgan fingerprint density at radius 2 is 1.78 bits per heavy atom. The van der Waals surface area contributed by atoms with Gasteiger partial charge in [-0.25, -0.2) is 0 Å². The van der Waals surface area contributed by atoms with E-state index < -0.39 is 5.92 Å². The Bertz CT molecular complexity index is 858. The highest BCUT2D eigenvalue weighted by molar-refractivity contribution is 6.04. The number of ether oxygens (including phenoxy) is 2. The van der Waals surface area contributed by atoms with Crippen molar-refractivity contribution in [2.24, 2.45) is 5.92 Å². The lowest BCUT2D eigenvalue weighted by Gasteiger charge is -2.20. The summed E-state index contributed by atoms with van der Waals surface area (Å²) in [6, 6.07) is 11.2. The van der Waals surface area contributed by atoms with Crippen molar-refractivity contribution in [1.29, 1.82) is 0 Å². The lowest BCUT2D eigenvalue weighted by Crippen LogP contribution is -2.28. The van der Waals surface area contributed by atoms with Crippen molar-refractivity contribution in [3.63, 3.8) is 0 Å². The van der Waals surface area contributed by atoms with Crippen molar-refractivity contribution in [2.75, 3.05) is 31.0 Å². The number of carbonyl (C=O) groups is 2. The molecule has 3 rings (SSSR count). The standard InChI is InChI=1S/C21H24N2O4/c1-13-7-14(2)9-16(8-13)22-21(25)15-10-20(24)23(12-15)18-11-17(26-3)5-6-19(18)27-4/h5-9,11,15H,10,12H2,1-4H3,(H,22,25)/t15-/m1/s1. The first-order valence-electron chi connectivity index (χ1n) is 8.83. The van der Waals surface area contributed by atoms with Crippen molar-refractivity contribution in [2.45, 2.75) is 20.3 Å². The molecule has 1 N–H and O–H groups in total. The first-order chi connectivity index (χ1) is 12.9. The number of benzene rings is 2. The van der Waals surface area contributed by atoms with Crippen LogP contribution in [0.25, 0.3) is 0 Å². The van der Waals surface area contributed by atoms with E-state index in [4.69, 9.17) is 9.47 Å². The van der Waals surface area contributed by atoms with Gasteiger partial charge in [-0.1, -0.05) is 6.07 Å². The minimum atomic E-state index is -0.422. The molecule has 1 aliphatic heterocycles. The minimum Gasteiger partial charge on any atom is -0.497 e. The third-order valence-corrected chi connectivity index (χ3v) is 4.66. The van der Waals surface area contributed by atoms with Gasteiger partial charge in [0.15, 0.2) is 0 Å². The van der Waals surface area contributed by atoms with Crippen LogP contribution in [0, 0.1) is 19.8 Å². The zero-order valence-electron chi connectivity index (χ0n) is 16.0. The van der Waals surface area contributed by atoms with Crippen molar-refractivity contribution in [3.05, 3.63) is 47.5 Å². The van der Waals surface area contributed by atoms with Crippen LogP contribution in [0.1, 0.15) is 17.5 Å². The average molecular weight is 368 g/mol. The van der Waals surface area contributed by atoms with E-state index >= 15 is 0 Å². The van der Waals surface area contributed by atoms with E-state index in [-0.39, 0.29) is 18.2 Å². The molecular weight excluding hydrogens is 344 g/mol. The lowest BCUT2D eigenvalue weighted by atomic mass is 10.1. The van der Waals surface area contributed by atoms with Gasteiger partial charge in [-0.3, -0.25) is 9.59 Å². The molecule has 1 saturated heterocycles. The molecule has 0 unspecified atom stereocenters. The number of hydrogen-bond acceptors (Lipinski definition) is 4. The smallest absolute Gasteiger partial charge is 0.229 e. The number of nitrogens with one attached hydrogen (secondary N) is 1. The summed E-state index contributed by atoms with van der Waals surface area (Å²) in [4.78, 5) is 26.8. The van der Waals surface area contributed by atoms with Gasteiger partial charge < -0.3 is 19.7 Å². The number of rotatable bonds is 5. The molecule has 0 aromatic heterocycles. The second kappa shape index (κ2) is 7.70. The van der Waals surface area contributed by atoms with E-state index in [9.17, 15) is 9.59 Å². The topological polar surface area (TPSA) is 67.9 Å². The summed E-state index contributed by atoms with van der Waals surface area (Å²) in [5.41, 5.74) is 3.52. The predicted molar refractivity (Wildman–Crippen MR) is 105 cm³/mol. The van der Waals surface area contributed by atoms with E-state index in [1.54, 1.807) is 37.3 Å². The number of anilines is 2. The molecule has 0 spiro atoms. The van der Waals surface area contributed by atoms with E-state index in [0.717, 1.165) is 16.8 Å². The predicted octanol–water partition coefficient (Wildman–Crippen LogP) is 3.31. The second-order valence-electron chi connectivity index (χ2n) is 6.81. The Kier molecular flexibility index (Phi) is 5.35. The van der Waals surface area contributed by atoms with Crippen molar-refractivity contribution >= 4 is 23.2 Å². The fourth-order valence-electron chi connectivity index (χ4n) is 3.41. The summed E-state index contributed by atoms with van der Waals surface area (Å²) < 4.78 is 10.6. The molecule has 0 aliphatic carbocycles. The zero-order chi connectivity index (χ0) is 19.6. The van der Waals surface area contributed by atoms with Gasteiger partial charge in [-0.05, 0) is 49.2 Å². The number of nitrogens with zero attached hydrogens (tertiary/aromatic N) is 1. The third kappa shape index (κ3) is 4.05. The summed E-state index contributed by atoms with van der Waals surface area (Å²) in [7, 11) is 3.12. The van der Waals surface area contributed by atoms with Crippen molar-refractivity contribution in [1.82, 2.24) is 0 Å². The summed E-state index contributed by atoms with van der Waals surface area (Å²) in [6.45, 7) is 4.27. The molecule has 0 radical (unpaired) electrons. The first-order valence-corrected chi connectivity index (χ1v) is 8.83. The number of amides is 2. The molecule has 1 fully saturated rings. The average Bonchev–Trinajstić information content (AvgIpc) is 3.02. The van der Waals surface area contributed by atoms with Crippen LogP contribution in [-0.4, -0.2) is 32.6 Å². The van der Waals surface area contributed by atoms with Gasteiger partial charge in [-0.15, -0.1) is 0 Å². The Morgan fingerprint density at radius 1 is 1.07 bits per heavy atom. The molecule has 0 bridgehead atoms. The molecule has 2 aromatic rings. The number of aryl methyl sites for hydroxylation is 2.